The van der Waals surface area contributed by atoms with Gasteiger partial charge in [-0.15, -0.1) is 0 Å². The molecule has 0 aromatic carbocycles. The molecule has 1 aromatic heterocycles. The predicted molar refractivity (Wildman–Crippen MR) is 111 cm³/mol. The lowest BCUT2D eigenvalue weighted by Gasteiger charge is -2.26. The second kappa shape index (κ2) is 11.6. The summed E-state index contributed by atoms with van der Waals surface area (Å²) in [7, 11) is 0. The Labute approximate surface area is 178 Å². The molecule has 1 fully saturated rings. The minimum absolute atomic E-state index is 0.101. The van der Waals surface area contributed by atoms with Crippen LogP contribution in [-0.4, -0.2) is 86.9 Å². The van der Waals surface area contributed by atoms with Gasteiger partial charge in [0.15, 0.2) is 0 Å². The summed E-state index contributed by atoms with van der Waals surface area (Å²) in [6, 6.07) is -2.79. The highest BCUT2D eigenvalue weighted by atomic mass is 32.2. The monoisotopic (exact) mass is 440 g/mol. The molecular weight excluding hydrogens is 412 g/mol. The standard InChI is InChI=1S/C18H28N6O5S/c1-30-6-4-12(18(28)29)22-16(26)13(7-11-9-20-10-21-11)23-17(27)14-3-2-5-24(14)15(25)8-19/h9-10,12-14H,2-8,19H2,1H3,(H,20,21)(H,22,26)(H,23,27)(H,28,29). The SMILES string of the molecule is CSCCC(NC(=O)C(Cc1cnc[nH]1)NC(=O)C1CCCN1C(=O)CN)C(=O)O. The van der Waals surface area contributed by atoms with Gasteiger partial charge in [-0.2, -0.15) is 11.8 Å². The van der Waals surface area contributed by atoms with Gasteiger partial charge in [0.1, 0.15) is 18.1 Å². The van der Waals surface area contributed by atoms with E-state index in [1.165, 1.54) is 29.2 Å². The van der Waals surface area contributed by atoms with Gasteiger partial charge in [-0.3, -0.25) is 14.4 Å². The van der Waals surface area contributed by atoms with Crippen molar-refractivity contribution in [1.82, 2.24) is 25.5 Å². The van der Waals surface area contributed by atoms with E-state index in [1.54, 1.807) is 0 Å². The maximum Gasteiger partial charge on any atom is 0.326 e. The van der Waals surface area contributed by atoms with Crippen LogP contribution < -0.4 is 16.4 Å². The molecule has 0 aliphatic carbocycles. The van der Waals surface area contributed by atoms with E-state index in [2.05, 4.69) is 20.6 Å². The zero-order chi connectivity index (χ0) is 22.1. The summed E-state index contributed by atoms with van der Waals surface area (Å²) in [5, 5.41) is 14.6. The molecule has 1 aromatic rings. The van der Waals surface area contributed by atoms with Crippen molar-refractivity contribution >= 4 is 35.5 Å². The molecule has 0 radical (unpaired) electrons. The zero-order valence-corrected chi connectivity index (χ0v) is 17.6. The number of thioether (sulfide) groups is 1. The van der Waals surface area contributed by atoms with Crippen molar-refractivity contribution in [1.29, 1.82) is 0 Å². The summed E-state index contributed by atoms with van der Waals surface area (Å²) in [6.45, 7) is 0.235. The van der Waals surface area contributed by atoms with Crippen LogP contribution in [0.25, 0.3) is 0 Å². The van der Waals surface area contributed by atoms with Crippen LogP contribution >= 0.6 is 11.8 Å². The first-order valence-electron chi connectivity index (χ1n) is 9.66. The van der Waals surface area contributed by atoms with Crippen molar-refractivity contribution in [2.24, 2.45) is 5.73 Å². The molecule has 0 spiro atoms. The van der Waals surface area contributed by atoms with Crippen molar-refractivity contribution in [2.75, 3.05) is 25.1 Å². The molecule has 2 rings (SSSR count). The minimum atomic E-state index is -1.14. The third-order valence-corrected chi connectivity index (χ3v) is 5.53. The number of carbonyl (C=O) groups excluding carboxylic acids is 3. The minimum Gasteiger partial charge on any atom is -0.480 e. The van der Waals surface area contributed by atoms with E-state index < -0.39 is 35.9 Å². The number of rotatable bonds is 11. The van der Waals surface area contributed by atoms with Gasteiger partial charge in [0.2, 0.25) is 17.7 Å². The molecule has 3 amide bonds. The Morgan fingerprint density at radius 3 is 2.73 bits per heavy atom. The number of hydrogen-bond acceptors (Lipinski definition) is 7. The van der Waals surface area contributed by atoms with Gasteiger partial charge < -0.3 is 31.4 Å². The third-order valence-electron chi connectivity index (χ3n) is 4.89. The van der Waals surface area contributed by atoms with Gasteiger partial charge in [-0.25, -0.2) is 9.78 Å². The average molecular weight is 441 g/mol. The Kier molecular flexibility index (Phi) is 9.12. The van der Waals surface area contributed by atoms with Gasteiger partial charge >= 0.3 is 5.97 Å². The smallest absolute Gasteiger partial charge is 0.326 e. The van der Waals surface area contributed by atoms with Gasteiger partial charge in [0.05, 0.1) is 12.9 Å². The number of nitrogens with zero attached hydrogens (tertiary/aromatic N) is 2. The largest absolute Gasteiger partial charge is 0.480 e. The molecule has 1 saturated heterocycles. The Bertz CT molecular complexity index is 743. The highest BCUT2D eigenvalue weighted by molar-refractivity contribution is 7.98. The van der Waals surface area contributed by atoms with Crippen LogP contribution in [0.15, 0.2) is 12.5 Å². The maximum atomic E-state index is 12.8. The van der Waals surface area contributed by atoms with E-state index in [4.69, 9.17) is 5.73 Å². The van der Waals surface area contributed by atoms with Crippen LogP contribution in [0, 0.1) is 0 Å². The van der Waals surface area contributed by atoms with E-state index >= 15 is 0 Å². The number of aromatic nitrogens is 2. The van der Waals surface area contributed by atoms with Crippen molar-refractivity contribution in [3.05, 3.63) is 18.2 Å². The molecule has 1 aliphatic rings. The molecule has 12 heteroatoms. The summed E-state index contributed by atoms with van der Waals surface area (Å²) in [6.07, 6.45) is 6.31. The normalized spacial score (nSPS) is 17.9. The van der Waals surface area contributed by atoms with Gasteiger partial charge in [-0.1, -0.05) is 0 Å². The fourth-order valence-electron chi connectivity index (χ4n) is 3.31. The number of likely N-dealkylation sites (tertiary alicyclic amines) is 1. The van der Waals surface area contributed by atoms with Crippen molar-refractivity contribution in [2.45, 2.75) is 43.8 Å². The Morgan fingerprint density at radius 2 is 2.13 bits per heavy atom. The number of carbonyl (C=O) groups is 4. The lowest BCUT2D eigenvalue weighted by atomic mass is 10.1. The quantitative estimate of drug-likeness (QED) is 0.283. The Balaban J connectivity index is 2.12. The highest BCUT2D eigenvalue weighted by Gasteiger charge is 2.36. The van der Waals surface area contributed by atoms with Crippen LogP contribution in [0.5, 0.6) is 0 Å². The van der Waals surface area contributed by atoms with Gasteiger partial charge in [0, 0.05) is 24.9 Å². The lowest BCUT2D eigenvalue weighted by molar-refractivity contribution is -0.142. The van der Waals surface area contributed by atoms with Crippen LogP contribution in [0.4, 0.5) is 0 Å². The molecule has 2 heterocycles. The molecule has 6 N–H and O–H groups in total. The molecule has 0 saturated carbocycles. The summed E-state index contributed by atoms with van der Waals surface area (Å²) in [5.41, 5.74) is 6.03. The Hall–Kier alpha value is -2.60. The third kappa shape index (κ3) is 6.46. The van der Waals surface area contributed by atoms with E-state index in [-0.39, 0.29) is 25.3 Å². The second-order valence-electron chi connectivity index (χ2n) is 6.97. The maximum absolute atomic E-state index is 12.8. The molecular formula is C18H28N6O5S. The molecule has 30 heavy (non-hydrogen) atoms. The van der Waals surface area contributed by atoms with E-state index in [1.807, 2.05) is 6.26 Å². The number of nitrogens with two attached hydrogens (primary N) is 1. The van der Waals surface area contributed by atoms with E-state index in [0.717, 1.165) is 0 Å². The first-order valence-corrected chi connectivity index (χ1v) is 11.1. The number of amides is 3. The summed E-state index contributed by atoms with van der Waals surface area (Å²) in [5.74, 6) is -1.98. The van der Waals surface area contributed by atoms with E-state index in [9.17, 15) is 24.3 Å². The molecule has 3 unspecified atom stereocenters. The molecule has 11 nitrogen and oxygen atoms in total. The number of nitrogens with one attached hydrogen (secondary N) is 3. The van der Waals surface area contributed by atoms with Crippen LogP contribution in [0.2, 0.25) is 0 Å². The topological polar surface area (TPSA) is 171 Å². The number of imidazole rings is 1. The fourth-order valence-corrected chi connectivity index (χ4v) is 3.79. The molecule has 0 bridgehead atoms. The van der Waals surface area contributed by atoms with Crippen LogP contribution in [-0.2, 0) is 25.6 Å². The second-order valence-corrected chi connectivity index (χ2v) is 7.96. The number of carboxylic acid groups (broad SMARTS) is 1. The molecule has 3 atom stereocenters. The summed E-state index contributed by atoms with van der Waals surface area (Å²) in [4.78, 5) is 57.3. The van der Waals surface area contributed by atoms with Gasteiger partial charge in [0.25, 0.3) is 0 Å². The van der Waals surface area contributed by atoms with Gasteiger partial charge in [-0.05, 0) is 31.3 Å². The predicted octanol–water partition coefficient (Wildman–Crippen LogP) is -1.29. The van der Waals surface area contributed by atoms with Crippen molar-refractivity contribution in [3.8, 4) is 0 Å². The van der Waals surface area contributed by atoms with Crippen LogP contribution in [0.1, 0.15) is 25.0 Å². The van der Waals surface area contributed by atoms with Crippen molar-refractivity contribution < 1.29 is 24.3 Å². The first kappa shape index (κ1) is 23.7. The number of H-pyrrole nitrogens is 1. The van der Waals surface area contributed by atoms with Crippen molar-refractivity contribution in [3.63, 3.8) is 0 Å². The summed E-state index contributed by atoms with van der Waals surface area (Å²) < 4.78 is 0. The number of aliphatic carboxylic acids is 1. The zero-order valence-electron chi connectivity index (χ0n) is 16.8. The molecule has 166 valence electrons. The first-order chi connectivity index (χ1) is 14.4. The fraction of sp³-hybridized carbons (Fsp3) is 0.611. The molecule has 1 aliphatic heterocycles. The summed E-state index contributed by atoms with van der Waals surface area (Å²) >= 11 is 1.47. The van der Waals surface area contributed by atoms with E-state index in [0.29, 0.717) is 30.8 Å². The lowest BCUT2D eigenvalue weighted by Crippen LogP contribution is -2.56. The van der Waals surface area contributed by atoms with Crippen LogP contribution in [0.3, 0.4) is 0 Å². The highest BCUT2D eigenvalue weighted by Crippen LogP contribution is 2.17. The average Bonchev–Trinajstić information content (AvgIpc) is 3.41. The number of hydrogen-bond donors (Lipinski definition) is 5. The number of aromatic amines is 1. The number of carboxylic acids is 1. The Morgan fingerprint density at radius 1 is 1.37 bits per heavy atom.